The van der Waals surface area contributed by atoms with E-state index in [-0.39, 0.29) is 11.3 Å². The van der Waals surface area contributed by atoms with Crippen LogP contribution < -0.4 is 15.7 Å². The molecule has 0 saturated carbocycles. The lowest BCUT2D eigenvalue weighted by atomic mass is 10.1. The van der Waals surface area contributed by atoms with Crippen molar-refractivity contribution >= 4 is 23.4 Å². The molecule has 24 heavy (non-hydrogen) atoms. The molecule has 2 N–H and O–H groups in total. The van der Waals surface area contributed by atoms with Crippen molar-refractivity contribution in [2.75, 3.05) is 26.2 Å². The third-order valence-electron chi connectivity index (χ3n) is 3.64. The lowest BCUT2D eigenvalue weighted by Crippen LogP contribution is -2.52. The summed E-state index contributed by atoms with van der Waals surface area (Å²) >= 11 is 0. The highest BCUT2D eigenvalue weighted by atomic mass is 16.6. The predicted molar refractivity (Wildman–Crippen MR) is 82.7 cm³/mol. The van der Waals surface area contributed by atoms with Crippen LogP contribution in [0, 0.1) is 10.1 Å². The lowest BCUT2D eigenvalue weighted by molar-refractivity contribution is -0.539. The third kappa shape index (κ3) is 4.51. The first kappa shape index (κ1) is 17.4. The van der Waals surface area contributed by atoms with E-state index in [0.717, 1.165) is 37.4 Å². The molecule has 0 unspecified atom stereocenters. The molecule has 0 amide bonds. The van der Waals surface area contributed by atoms with Crippen molar-refractivity contribution in [1.29, 1.82) is 0 Å². The number of guanidine groups is 1. The molecular weight excluding hydrogens is 316 g/mol. The first-order valence-electron chi connectivity index (χ1n) is 7.59. The van der Waals surface area contributed by atoms with Gasteiger partial charge in [-0.2, -0.15) is 0 Å². The SMILES string of the molecule is C1CNC2=[N+](C1)CCCN2.O=C([O-])C(=O)c1ccc([N+](=O)[O-])cc1. The summed E-state index contributed by atoms with van der Waals surface area (Å²) in [7, 11) is 0. The van der Waals surface area contributed by atoms with Gasteiger partial charge >= 0.3 is 5.96 Å². The number of carbonyl (C=O) groups is 2. The van der Waals surface area contributed by atoms with Gasteiger partial charge in [0.25, 0.3) is 5.69 Å². The Morgan fingerprint density at radius 2 is 1.58 bits per heavy atom. The Morgan fingerprint density at radius 1 is 1.04 bits per heavy atom. The number of benzene rings is 1. The molecule has 0 aromatic heterocycles. The molecule has 0 fully saturated rings. The number of carboxylic acids is 1. The number of hydrogen-bond donors (Lipinski definition) is 2. The predicted octanol–water partition coefficient (Wildman–Crippen LogP) is -1.13. The van der Waals surface area contributed by atoms with Crippen LogP contribution in [0.2, 0.25) is 0 Å². The largest absolute Gasteiger partial charge is 0.541 e. The van der Waals surface area contributed by atoms with Crippen molar-refractivity contribution in [3.63, 3.8) is 0 Å². The number of carbonyl (C=O) groups excluding carboxylic acids is 2. The van der Waals surface area contributed by atoms with Gasteiger partial charge in [-0.15, -0.1) is 0 Å². The number of nitro benzene ring substituents is 1. The Labute approximate surface area is 138 Å². The molecule has 0 atom stereocenters. The van der Waals surface area contributed by atoms with Gasteiger partial charge in [-0.1, -0.05) is 0 Å². The molecule has 1 aromatic rings. The van der Waals surface area contributed by atoms with E-state index in [1.165, 1.54) is 31.9 Å². The van der Waals surface area contributed by atoms with Gasteiger partial charge in [0, 0.05) is 30.5 Å². The lowest BCUT2D eigenvalue weighted by Gasteiger charge is -2.22. The summed E-state index contributed by atoms with van der Waals surface area (Å²) in [4.78, 5) is 30.5. The molecular formula is C15H18N4O5. The summed E-state index contributed by atoms with van der Waals surface area (Å²) in [6.07, 6.45) is 2.57. The van der Waals surface area contributed by atoms with Gasteiger partial charge < -0.3 is 9.90 Å². The summed E-state index contributed by atoms with van der Waals surface area (Å²) in [5.74, 6) is -1.77. The van der Waals surface area contributed by atoms with E-state index < -0.39 is 16.7 Å². The summed E-state index contributed by atoms with van der Waals surface area (Å²) in [6.45, 7) is 4.74. The van der Waals surface area contributed by atoms with Crippen LogP contribution in [-0.4, -0.2) is 53.4 Å². The molecule has 0 radical (unpaired) electrons. The number of ketones is 1. The zero-order valence-electron chi connectivity index (χ0n) is 13.0. The zero-order chi connectivity index (χ0) is 17.5. The molecule has 0 saturated heterocycles. The van der Waals surface area contributed by atoms with Crippen molar-refractivity contribution in [3.05, 3.63) is 39.9 Å². The van der Waals surface area contributed by atoms with Gasteiger partial charge in [-0.25, -0.2) is 0 Å². The molecule has 2 aliphatic rings. The van der Waals surface area contributed by atoms with Gasteiger partial charge in [0.15, 0.2) is 0 Å². The maximum atomic E-state index is 10.8. The number of non-ortho nitro benzene ring substituents is 1. The minimum atomic E-state index is -1.83. The van der Waals surface area contributed by atoms with Crippen LogP contribution in [0.5, 0.6) is 0 Å². The first-order valence-corrected chi connectivity index (χ1v) is 7.59. The molecule has 2 heterocycles. The molecule has 1 aromatic carbocycles. The highest BCUT2D eigenvalue weighted by Crippen LogP contribution is 2.11. The molecule has 3 rings (SSSR count). The van der Waals surface area contributed by atoms with Crippen molar-refractivity contribution in [3.8, 4) is 0 Å². The van der Waals surface area contributed by atoms with Crippen molar-refractivity contribution in [2.45, 2.75) is 12.8 Å². The van der Waals surface area contributed by atoms with Crippen LogP contribution in [-0.2, 0) is 4.79 Å². The molecule has 9 heteroatoms. The van der Waals surface area contributed by atoms with Crippen molar-refractivity contribution in [2.24, 2.45) is 0 Å². The second-order valence-electron chi connectivity index (χ2n) is 5.32. The summed E-state index contributed by atoms with van der Waals surface area (Å²) < 4.78 is 2.40. The number of Topliss-reactive ketones (excluding diaryl/α,β-unsaturated/α-hetero) is 1. The standard InChI is InChI=1S/C8H5NO5.C7H13N3/c10-7(8(11)12)5-1-3-6(4-2-5)9(13)14;1-3-8-7-9-4-2-6-10(7)5-1/h1-4H,(H,11,12);1-6H2,(H,8,9). The summed E-state index contributed by atoms with van der Waals surface area (Å²) in [5.41, 5.74) is -0.351. The molecule has 128 valence electrons. The molecule has 0 aliphatic carbocycles. The number of hydrogen-bond acceptors (Lipinski definition) is 7. The fourth-order valence-corrected chi connectivity index (χ4v) is 2.43. The Morgan fingerprint density at radius 3 is 2.00 bits per heavy atom. The van der Waals surface area contributed by atoms with Gasteiger partial charge in [0.1, 0.15) is 5.97 Å². The maximum absolute atomic E-state index is 10.8. The van der Waals surface area contributed by atoms with Crippen molar-refractivity contribution in [1.82, 2.24) is 10.6 Å². The zero-order valence-corrected chi connectivity index (χ0v) is 13.0. The normalized spacial score (nSPS) is 15.8. The smallest absolute Gasteiger partial charge is 0.345 e. The van der Waals surface area contributed by atoms with Gasteiger partial charge in [0.2, 0.25) is 5.78 Å². The van der Waals surface area contributed by atoms with Crippen molar-refractivity contribution < 1.29 is 24.2 Å². The second kappa shape index (κ2) is 8.04. The van der Waals surface area contributed by atoms with E-state index in [2.05, 4.69) is 15.2 Å². The van der Waals surface area contributed by atoms with Crippen LogP contribution in [0.4, 0.5) is 5.69 Å². The number of aliphatic carboxylic acids is 1. The van der Waals surface area contributed by atoms with E-state index in [1.807, 2.05) is 0 Å². The highest BCUT2D eigenvalue weighted by Gasteiger charge is 2.19. The summed E-state index contributed by atoms with van der Waals surface area (Å²) in [5, 5.41) is 27.0. The monoisotopic (exact) mass is 334 g/mol. The van der Waals surface area contributed by atoms with E-state index in [0.29, 0.717) is 0 Å². The first-order chi connectivity index (χ1) is 11.5. The average Bonchev–Trinajstić information content (AvgIpc) is 2.61. The quantitative estimate of drug-likeness (QED) is 0.235. The molecule has 0 bridgehead atoms. The van der Waals surface area contributed by atoms with Crippen LogP contribution >= 0.6 is 0 Å². The number of nitrogens with one attached hydrogen (secondary N) is 2. The summed E-state index contributed by atoms with van der Waals surface area (Å²) in [6, 6.07) is 4.23. The van der Waals surface area contributed by atoms with Crippen LogP contribution in [0.1, 0.15) is 23.2 Å². The number of carboxylic acid groups (broad SMARTS) is 1. The Hall–Kier alpha value is -2.97. The molecule has 0 spiro atoms. The van der Waals surface area contributed by atoms with Gasteiger partial charge in [-0.3, -0.25) is 30.1 Å². The third-order valence-corrected chi connectivity index (χ3v) is 3.64. The van der Waals surface area contributed by atoms with E-state index in [1.54, 1.807) is 0 Å². The maximum Gasteiger partial charge on any atom is 0.345 e. The Bertz CT molecular complexity index is 635. The minimum Gasteiger partial charge on any atom is -0.541 e. The van der Waals surface area contributed by atoms with E-state index in [4.69, 9.17) is 0 Å². The van der Waals surface area contributed by atoms with Crippen LogP contribution in [0.25, 0.3) is 0 Å². The number of nitrogens with zero attached hydrogens (tertiary/aromatic N) is 2. The fourth-order valence-electron chi connectivity index (χ4n) is 2.43. The molecule has 2 aliphatic heterocycles. The van der Waals surface area contributed by atoms with Crippen LogP contribution in [0.3, 0.4) is 0 Å². The molecule has 9 nitrogen and oxygen atoms in total. The Kier molecular flexibility index (Phi) is 5.83. The minimum absolute atomic E-state index is 0.143. The number of rotatable bonds is 3. The van der Waals surface area contributed by atoms with E-state index in [9.17, 15) is 24.8 Å². The second-order valence-corrected chi connectivity index (χ2v) is 5.32. The number of nitro groups is 1. The topological polar surface area (TPSA) is 127 Å². The van der Waals surface area contributed by atoms with E-state index >= 15 is 0 Å². The fraction of sp³-hybridized carbons (Fsp3) is 0.400. The average molecular weight is 334 g/mol. The van der Waals surface area contributed by atoms with Gasteiger partial charge in [0.05, 0.1) is 31.1 Å². The van der Waals surface area contributed by atoms with Crippen LogP contribution in [0.15, 0.2) is 24.3 Å². The van der Waals surface area contributed by atoms with Gasteiger partial charge in [-0.05, 0) is 12.1 Å². The highest BCUT2D eigenvalue weighted by molar-refractivity contribution is 6.38. The Balaban J connectivity index is 0.000000182.